The van der Waals surface area contributed by atoms with Crippen molar-refractivity contribution in [1.82, 2.24) is 4.57 Å². The number of fused-ring (bicyclic) bond motifs is 1. The fourth-order valence-corrected chi connectivity index (χ4v) is 3.59. The first-order chi connectivity index (χ1) is 11.6. The zero-order valence-corrected chi connectivity index (χ0v) is 13.7. The van der Waals surface area contributed by atoms with E-state index in [1.807, 2.05) is 73.3 Å². The minimum absolute atomic E-state index is 0.132. The number of hydrogen-bond donors (Lipinski definition) is 0. The van der Waals surface area contributed by atoms with Gasteiger partial charge in [0.25, 0.3) is 0 Å². The largest absolute Gasteiger partial charge is 0.350 e. The van der Waals surface area contributed by atoms with Crippen molar-refractivity contribution in [3.8, 4) is 0 Å². The molecule has 4 nitrogen and oxygen atoms in total. The number of aryl methyl sites for hydroxylation is 2. The van der Waals surface area contributed by atoms with Crippen LogP contribution in [0.25, 0.3) is 10.9 Å². The molecule has 2 aromatic carbocycles. The molecular formula is C20H18N2O2. The van der Waals surface area contributed by atoms with Crippen molar-refractivity contribution in [1.29, 1.82) is 0 Å². The van der Waals surface area contributed by atoms with Crippen LogP contribution in [0, 0.1) is 6.92 Å². The summed E-state index contributed by atoms with van der Waals surface area (Å²) in [5.41, 5.74) is 3.62. The molecule has 1 aliphatic heterocycles. The lowest BCUT2D eigenvalue weighted by molar-refractivity contribution is -0.121. The summed E-state index contributed by atoms with van der Waals surface area (Å²) in [6.45, 7) is 1.92. The molecule has 24 heavy (non-hydrogen) atoms. The monoisotopic (exact) mass is 318 g/mol. The molecule has 1 unspecified atom stereocenters. The minimum Gasteiger partial charge on any atom is -0.350 e. The third kappa shape index (κ3) is 2.07. The second-order valence-electron chi connectivity index (χ2n) is 6.32. The van der Waals surface area contributed by atoms with E-state index in [1.165, 1.54) is 4.90 Å². The number of hydrogen-bond acceptors (Lipinski definition) is 2. The molecule has 3 aromatic rings. The number of nitrogens with zero attached hydrogens (tertiary/aromatic N) is 2. The van der Waals surface area contributed by atoms with Gasteiger partial charge in [0.1, 0.15) is 0 Å². The Bertz CT molecular complexity index is 971. The Hall–Kier alpha value is -2.88. The quantitative estimate of drug-likeness (QED) is 0.678. The van der Waals surface area contributed by atoms with Crippen molar-refractivity contribution < 1.29 is 9.59 Å². The average Bonchev–Trinajstić information content (AvgIpc) is 3.06. The predicted octanol–water partition coefficient (Wildman–Crippen LogP) is 3.53. The lowest BCUT2D eigenvalue weighted by atomic mass is 9.97. The molecule has 4 heteroatoms. The Morgan fingerprint density at radius 2 is 1.71 bits per heavy atom. The fraction of sp³-hybridized carbons (Fsp3) is 0.200. The van der Waals surface area contributed by atoms with E-state index in [2.05, 4.69) is 0 Å². The van der Waals surface area contributed by atoms with Crippen LogP contribution in [0.3, 0.4) is 0 Å². The van der Waals surface area contributed by atoms with E-state index in [0.717, 1.165) is 22.0 Å². The summed E-state index contributed by atoms with van der Waals surface area (Å²) in [6.07, 6.45) is 2.20. The summed E-state index contributed by atoms with van der Waals surface area (Å²) in [5.74, 6) is -0.680. The summed E-state index contributed by atoms with van der Waals surface area (Å²) < 4.78 is 2.01. The Morgan fingerprint density at radius 3 is 2.50 bits per heavy atom. The maximum absolute atomic E-state index is 13.0. The van der Waals surface area contributed by atoms with Crippen LogP contribution in [0.15, 0.2) is 54.7 Å². The number of imide groups is 1. The summed E-state index contributed by atoms with van der Waals surface area (Å²) in [6, 6.07) is 15.5. The molecule has 120 valence electrons. The van der Waals surface area contributed by atoms with Crippen LogP contribution in [0.5, 0.6) is 0 Å². The molecule has 0 spiro atoms. The maximum Gasteiger partial charge on any atom is 0.241 e. The second-order valence-corrected chi connectivity index (χ2v) is 6.32. The third-order valence-corrected chi connectivity index (χ3v) is 4.81. The van der Waals surface area contributed by atoms with Crippen LogP contribution >= 0.6 is 0 Å². The Balaban J connectivity index is 1.80. The van der Waals surface area contributed by atoms with Gasteiger partial charge in [-0.3, -0.25) is 9.59 Å². The van der Waals surface area contributed by atoms with Crippen LogP contribution in [0.2, 0.25) is 0 Å². The van der Waals surface area contributed by atoms with Gasteiger partial charge in [-0.2, -0.15) is 0 Å². The molecule has 0 N–H and O–H groups in total. The van der Waals surface area contributed by atoms with E-state index in [9.17, 15) is 9.59 Å². The zero-order chi connectivity index (χ0) is 16.8. The standard InChI is InChI=1S/C20H18N2O2/c1-13-7-3-5-9-17(13)22-19(23)11-15(20(22)24)16-12-21(2)18-10-6-4-8-14(16)18/h3-10,12,15H,11H2,1-2H3. The van der Waals surface area contributed by atoms with Gasteiger partial charge in [0.05, 0.1) is 11.6 Å². The van der Waals surface area contributed by atoms with Crippen LogP contribution < -0.4 is 4.90 Å². The third-order valence-electron chi connectivity index (χ3n) is 4.81. The van der Waals surface area contributed by atoms with Crippen molar-refractivity contribution in [3.05, 3.63) is 65.9 Å². The molecule has 2 heterocycles. The van der Waals surface area contributed by atoms with Gasteiger partial charge >= 0.3 is 0 Å². The van der Waals surface area contributed by atoms with Gasteiger partial charge in [-0.15, -0.1) is 0 Å². The first kappa shape index (κ1) is 14.7. The average molecular weight is 318 g/mol. The van der Waals surface area contributed by atoms with Crippen LogP contribution in [0.4, 0.5) is 5.69 Å². The smallest absolute Gasteiger partial charge is 0.241 e. The Labute approximate surface area is 140 Å². The van der Waals surface area contributed by atoms with Crippen molar-refractivity contribution in [2.24, 2.45) is 7.05 Å². The van der Waals surface area contributed by atoms with Gasteiger partial charge in [0.15, 0.2) is 0 Å². The molecule has 0 radical (unpaired) electrons. The van der Waals surface area contributed by atoms with Gasteiger partial charge in [0.2, 0.25) is 11.8 Å². The van der Waals surface area contributed by atoms with E-state index in [4.69, 9.17) is 0 Å². The molecule has 1 fully saturated rings. The first-order valence-corrected chi connectivity index (χ1v) is 8.04. The van der Waals surface area contributed by atoms with E-state index in [0.29, 0.717) is 5.69 Å². The van der Waals surface area contributed by atoms with Crippen LogP contribution in [-0.4, -0.2) is 16.4 Å². The number of anilines is 1. The number of benzene rings is 2. The Kier molecular flexibility index (Phi) is 3.27. The summed E-state index contributed by atoms with van der Waals surface area (Å²) >= 11 is 0. The van der Waals surface area contributed by atoms with Crippen molar-refractivity contribution in [2.45, 2.75) is 19.3 Å². The van der Waals surface area contributed by atoms with E-state index in [-0.39, 0.29) is 18.2 Å². The number of amides is 2. The molecule has 0 saturated carbocycles. The molecule has 4 rings (SSSR count). The normalized spacial score (nSPS) is 17.9. The van der Waals surface area contributed by atoms with E-state index in [1.54, 1.807) is 0 Å². The number of para-hydroxylation sites is 2. The highest BCUT2D eigenvalue weighted by atomic mass is 16.2. The molecule has 1 aromatic heterocycles. The van der Waals surface area contributed by atoms with Gasteiger partial charge < -0.3 is 4.57 Å². The molecular weight excluding hydrogens is 300 g/mol. The molecule has 1 atom stereocenters. The fourth-order valence-electron chi connectivity index (χ4n) is 3.59. The predicted molar refractivity (Wildman–Crippen MR) is 93.9 cm³/mol. The zero-order valence-electron chi connectivity index (χ0n) is 13.7. The maximum atomic E-state index is 13.0. The second kappa shape index (κ2) is 5.34. The minimum atomic E-state index is -0.414. The molecule has 1 saturated heterocycles. The van der Waals surface area contributed by atoms with E-state index >= 15 is 0 Å². The van der Waals surface area contributed by atoms with Crippen LogP contribution in [-0.2, 0) is 16.6 Å². The van der Waals surface area contributed by atoms with Gasteiger partial charge in [-0.1, -0.05) is 36.4 Å². The molecule has 2 amide bonds. The van der Waals surface area contributed by atoms with Gasteiger partial charge in [-0.05, 0) is 30.2 Å². The lowest BCUT2D eigenvalue weighted by Gasteiger charge is -2.17. The first-order valence-electron chi connectivity index (χ1n) is 8.04. The summed E-state index contributed by atoms with van der Waals surface area (Å²) in [4.78, 5) is 26.9. The number of aromatic nitrogens is 1. The molecule has 1 aliphatic rings. The number of carbonyl (C=O) groups excluding carboxylic acids is 2. The SMILES string of the molecule is Cc1ccccc1N1C(=O)CC(c2cn(C)c3ccccc23)C1=O. The molecule has 0 aliphatic carbocycles. The van der Waals surface area contributed by atoms with Gasteiger partial charge in [-0.25, -0.2) is 4.90 Å². The van der Waals surface area contributed by atoms with Crippen LogP contribution in [0.1, 0.15) is 23.5 Å². The summed E-state index contributed by atoms with van der Waals surface area (Å²) in [5, 5.41) is 1.04. The highest BCUT2D eigenvalue weighted by Gasteiger charge is 2.41. The van der Waals surface area contributed by atoms with E-state index < -0.39 is 5.92 Å². The highest BCUT2D eigenvalue weighted by Crippen LogP contribution is 2.37. The van der Waals surface area contributed by atoms with Crippen molar-refractivity contribution in [3.63, 3.8) is 0 Å². The lowest BCUT2D eigenvalue weighted by Crippen LogP contribution is -2.30. The molecule has 0 bridgehead atoms. The van der Waals surface area contributed by atoms with Crippen molar-refractivity contribution >= 4 is 28.4 Å². The van der Waals surface area contributed by atoms with Crippen molar-refractivity contribution in [2.75, 3.05) is 4.90 Å². The number of rotatable bonds is 2. The van der Waals surface area contributed by atoms with Gasteiger partial charge in [0, 0.05) is 30.6 Å². The summed E-state index contributed by atoms with van der Waals surface area (Å²) in [7, 11) is 1.96. The highest BCUT2D eigenvalue weighted by molar-refractivity contribution is 6.23. The topological polar surface area (TPSA) is 42.3 Å². The Morgan fingerprint density at radius 1 is 1.00 bits per heavy atom. The number of carbonyl (C=O) groups is 2.